The maximum absolute atomic E-state index is 11.0. The van der Waals surface area contributed by atoms with Crippen LogP contribution in [0.3, 0.4) is 0 Å². The molecule has 1 aromatic rings. The molecule has 2 N–H and O–H groups in total. The lowest BCUT2D eigenvalue weighted by Crippen LogP contribution is -2.28. The number of rotatable bonds is 8. The molecule has 7 heteroatoms. The number of halogens is 1. The number of nitrogens with one attached hydrogen (secondary N) is 1. The van der Waals surface area contributed by atoms with Gasteiger partial charge in [0.25, 0.3) is 0 Å². The van der Waals surface area contributed by atoms with E-state index in [0.717, 1.165) is 13.1 Å². The van der Waals surface area contributed by atoms with Crippen molar-refractivity contribution in [2.45, 2.75) is 0 Å². The highest BCUT2D eigenvalue weighted by molar-refractivity contribution is 6.29. The van der Waals surface area contributed by atoms with Crippen molar-refractivity contribution in [3.05, 3.63) is 22.8 Å². The Bertz CT molecular complexity index is 429. The number of anilines is 1. The predicted molar refractivity (Wildman–Crippen MR) is 74.1 cm³/mol. The highest BCUT2D eigenvalue weighted by Gasteiger charge is 2.11. The highest BCUT2D eigenvalue weighted by atomic mass is 35.5. The second-order valence-electron chi connectivity index (χ2n) is 4.06. The molecule has 0 saturated carbocycles. The van der Waals surface area contributed by atoms with Crippen LogP contribution in [0.1, 0.15) is 10.4 Å². The molecular formula is C12H18ClN3O3. The molecule has 0 aliphatic rings. The van der Waals surface area contributed by atoms with Crippen molar-refractivity contribution in [3.8, 4) is 0 Å². The molecule has 1 rings (SSSR count). The van der Waals surface area contributed by atoms with Crippen LogP contribution in [0.5, 0.6) is 0 Å². The minimum absolute atomic E-state index is 0.115. The van der Waals surface area contributed by atoms with Crippen molar-refractivity contribution in [1.82, 2.24) is 9.88 Å². The number of hydrogen-bond acceptors (Lipinski definition) is 5. The molecule has 0 bridgehead atoms. The molecule has 0 unspecified atom stereocenters. The summed E-state index contributed by atoms with van der Waals surface area (Å²) in [4.78, 5) is 17.1. The molecule has 0 atom stereocenters. The van der Waals surface area contributed by atoms with Gasteiger partial charge in [-0.2, -0.15) is 0 Å². The molecule has 0 amide bonds. The van der Waals surface area contributed by atoms with Crippen molar-refractivity contribution < 1.29 is 14.6 Å². The summed E-state index contributed by atoms with van der Waals surface area (Å²) in [6.07, 6.45) is 0. The first-order valence-electron chi connectivity index (χ1n) is 5.85. The van der Waals surface area contributed by atoms with Crippen molar-refractivity contribution in [3.63, 3.8) is 0 Å². The molecule has 6 nitrogen and oxygen atoms in total. The van der Waals surface area contributed by atoms with Gasteiger partial charge in [0.1, 0.15) is 16.5 Å². The Morgan fingerprint density at radius 3 is 2.89 bits per heavy atom. The standard InChI is InChI=1S/C12H18ClN3O3/c1-16(7-8-19-2)6-5-14-11-9(12(17)18)3-4-10(13)15-11/h3-4H,5-8H2,1-2H3,(H,14,15)(H,17,18). The molecule has 1 heterocycles. The summed E-state index contributed by atoms with van der Waals surface area (Å²) in [6, 6.07) is 2.90. The average Bonchev–Trinajstić information content (AvgIpc) is 2.36. The highest BCUT2D eigenvalue weighted by Crippen LogP contribution is 2.16. The first kappa shape index (κ1) is 15.7. The number of likely N-dealkylation sites (N-methyl/N-ethyl adjacent to an activating group) is 1. The fourth-order valence-electron chi connectivity index (χ4n) is 1.47. The second-order valence-corrected chi connectivity index (χ2v) is 4.45. The van der Waals surface area contributed by atoms with E-state index in [-0.39, 0.29) is 10.7 Å². The van der Waals surface area contributed by atoms with Gasteiger partial charge in [-0.15, -0.1) is 0 Å². The van der Waals surface area contributed by atoms with E-state index < -0.39 is 5.97 Å². The van der Waals surface area contributed by atoms with Gasteiger partial charge in [-0.25, -0.2) is 9.78 Å². The Morgan fingerprint density at radius 1 is 1.53 bits per heavy atom. The van der Waals surface area contributed by atoms with Crippen LogP contribution in [0.25, 0.3) is 0 Å². The number of nitrogens with zero attached hydrogens (tertiary/aromatic N) is 2. The third-order valence-electron chi connectivity index (χ3n) is 2.55. The topological polar surface area (TPSA) is 74.7 Å². The zero-order valence-corrected chi connectivity index (χ0v) is 11.8. The Kier molecular flexibility index (Phi) is 6.55. The van der Waals surface area contributed by atoms with E-state index in [4.69, 9.17) is 21.4 Å². The summed E-state index contributed by atoms with van der Waals surface area (Å²) in [5.74, 6) is -0.737. The molecular weight excluding hydrogens is 270 g/mol. The van der Waals surface area contributed by atoms with Crippen molar-refractivity contribution >= 4 is 23.4 Å². The van der Waals surface area contributed by atoms with Crippen molar-refractivity contribution in [2.24, 2.45) is 0 Å². The number of aromatic carboxylic acids is 1. The molecule has 0 spiro atoms. The SMILES string of the molecule is COCCN(C)CCNc1nc(Cl)ccc1C(=O)O. The largest absolute Gasteiger partial charge is 0.478 e. The van der Waals surface area contributed by atoms with Crippen LogP contribution >= 0.6 is 11.6 Å². The molecule has 1 aromatic heterocycles. The van der Waals surface area contributed by atoms with E-state index in [1.165, 1.54) is 12.1 Å². The van der Waals surface area contributed by atoms with Crippen LogP contribution in [0.4, 0.5) is 5.82 Å². The summed E-state index contributed by atoms with van der Waals surface area (Å²) >= 11 is 5.76. The van der Waals surface area contributed by atoms with E-state index in [0.29, 0.717) is 19.0 Å². The Labute approximate surface area is 117 Å². The summed E-state index contributed by atoms with van der Waals surface area (Å²) < 4.78 is 4.97. The van der Waals surface area contributed by atoms with Gasteiger partial charge in [0.2, 0.25) is 0 Å². The van der Waals surface area contributed by atoms with Gasteiger partial charge in [-0.05, 0) is 19.2 Å². The monoisotopic (exact) mass is 287 g/mol. The van der Waals surface area contributed by atoms with Gasteiger partial charge < -0.3 is 20.1 Å². The average molecular weight is 288 g/mol. The van der Waals surface area contributed by atoms with Gasteiger partial charge in [-0.1, -0.05) is 11.6 Å². The Balaban J connectivity index is 2.52. The minimum Gasteiger partial charge on any atom is -0.478 e. The summed E-state index contributed by atoms with van der Waals surface area (Å²) in [6.45, 7) is 2.80. The summed E-state index contributed by atoms with van der Waals surface area (Å²) in [5.41, 5.74) is 0.115. The molecule has 0 aromatic carbocycles. The van der Waals surface area contributed by atoms with E-state index in [9.17, 15) is 4.79 Å². The number of carbonyl (C=O) groups is 1. The maximum Gasteiger partial charge on any atom is 0.339 e. The quantitative estimate of drug-likeness (QED) is 0.705. The van der Waals surface area contributed by atoms with Gasteiger partial charge in [0, 0.05) is 26.7 Å². The normalized spacial score (nSPS) is 10.7. The van der Waals surface area contributed by atoms with Crippen molar-refractivity contribution in [1.29, 1.82) is 0 Å². The minimum atomic E-state index is -1.03. The zero-order valence-electron chi connectivity index (χ0n) is 11.0. The van der Waals surface area contributed by atoms with E-state index in [2.05, 4.69) is 15.2 Å². The van der Waals surface area contributed by atoms with Crippen LogP contribution in [-0.2, 0) is 4.74 Å². The molecule has 0 fully saturated rings. The Hall–Kier alpha value is -1.37. The van der Waals surface area contributed by atoms with Crippen LogP contribution < -0.4 is 5.32 Å². The first-order chi connectivity index (χ1) is 9.04. The third kappa shape index (κ3) is 5.42. The molecule has 0 aliphatic carbocycles. The lowest BCUT2D eigenvalue weighted by atomic mass is 10.2. The fraction of sp³-hybridized carbons (Fsp3) is 0.500. The number of methoxy groups -OCH3 is 1. The van der Waals surface area contributed by atoms with Gasteiger partial charge in [0.15, 0.2) is 0 Å². The van der Waals surface area contributed by atoms with Crippen LogP contribution in [0, 0.1) is 0 Å². The molecule has 0 saturated heterocycles. The van der Waals surface area contributed by atoms with Gasteiger partial charge in [0.05, 0.1) is 6.61 Å². The molecule has 0 aliphatic heterocycles. The molecule has 0 radical (unpaired) electrons. The van der Waals surface area contributed by atoms with E-state index in [1.807, 2.05) is 7.05 Å². The lowest BCUT2D eigenvalue weighted by molar-refractivity contribution is 0.0697. The number of carboxylic acids is 1. The van der Waals surface area contributed by atoms with Crippen LogP contribution in [0.15, 0.2) is 12.1 Å². The second kappa shape index (κ2) is 7.93. The maximum atomic E-state index is 11.0. The Morgan fingerprint density at radius 2 is 2.26 bits per heavy atom. The van der Waals surface area contributed by atoms with Crippen LogP contribution in [0.2, 0.25) is 5.15 Å². The van der Waals surface area contributed by atoms with Crippen LogP contribution in [-0.4, -0.2) is 61.4 Å². The molecule has 19 heavy (non-hydrogen) atoms. The third-order valence-corrected chi connectivity index (χ3v) is 2.77. The van der Waals surface area contributed by atoms with Crippen molar-refractivity contribution in [2.75, 3.05) is 45.7 Å². The number of hydrogen-bond donors (Lipinski definition) is 2. The lowest BCUT2D eigenvalue weighted by Gasteiger charge is -2.17. The van der Waals surface area contributed by atoms with E-state index >= 15 is 0 Å². The number of ether oxygens (including phenoxy) is 1. The molecule has 106 valence electrons. The summed E-state index contributed by atoms with van der Waals surface area (Å²) in [7, 11) is 3.62. The zero-order chi connectivity index (χ0) is 14.3. The fourth-order valence-corrected chi connectivity index (χ4v) is 1.61. The number of carboxylic acid groups (broad SMARTS) is 1. The predicted octanol–water partition coefficient (Wildman–Crippen LogP) is 1.42. The van der Waals surface area contributed by atoms with Gasteiger partial charge >= 0.3 is 5.97 Å². The van der Waals surface area contributed by atoms with Gasteiger partial charge in [-0.3, -0.25) is 0 Å². The first-order valence-corrected chi connectivity index (χ1v) is 6.23. The van der Waals surface area contributed by atoms with E-state index in [1.54, 1.807) is 7.11 Å². The summed E-state index contributed by atoms with van der Waals surface area (Å²) in [5, 5.41) is 12.3. The number of pyridine rings is 1. The number of aromatic nitrogens is 1. The smallest absolute Gasteiger partial charge is 0.339 e.